The zero-order valence-corrected chi connectivity index (χ0v) is 19.5. The first-order valence-electron chi connectivity index (χ1n) is 11.0. The highest BCUT2D eigenvalue weighted by molar-refractivity contribution is 5.69. The van der Waals surface area contributed by atoms with Crippen molar-refractivity contribution in [1.29, 1.82) is 0 Å². The number of benzene rings is 1. The van der Waals surface area contributed by atoms with Crippen LogP contribution in [0.15, 0.2) is 55.8 Å². The third-order valence-electron chi connectivity index (χ3n) is 5.03. The normalized spacial score (nSPS) is 12.0. The fourth-order valence-electron chi connectivity index (χ4n) is 3.54. The zero-order valence-electron chi connectivity index (χ0n) is 19.5. The number of nitrogen functional groups attached to an aromatic ring is 1. The highest BCUT2D eigenvalue weighted by Crippen LogP contribution is 2.31. The Bertz CT molecular complexity index is 997. The number of anilines is 1. The number of nitrogens with zero attached hydrogens (tertiary/aromatic N) is 3. The lowest BCUT2D eigenvalue weighted by atomic mass is 10.1. The molecule has 1 aromatic carbocycles. The summed E-state index contributed by atoms with van der Waals surface area (Å²) in [5.74, 6) is 0.925. The third kappa shape index (κ3) is 5.02. The van der Waals surface area contributed by atoms with Crippen molar-refractivity contribution in [3.63, 3.8) is 0 Å². The molecule has 0 saturated heterocycles. The molecule has 2 aromatic heterocycles. The number of H-pyrrole nitrogens is 1. The Hall–Kier alpha value is -3.41. The maximum atomic E-state index is 5.99. The first-order chi connectivity index (χ1) is 15.1. The largest absolute Gasteiger partial charge is 0.399 e. The Morgan fingerprint density at radius 2 is 1.84 bits per heavy atom. The number of aromatic amines is 1. The highest BCUT2D eigenvalue weighted by atomic mass is 15.2. The Kier molecular flexibility index (Phi) is 8.55. The van der Waals surface area contributed by atoms with Crippen LogP contribution in [-0.2, 0) is 13.1 Å². The Balaban J connectivity index is 0.000000807. The average Bonchev–Trinajstić information content (AvgIpc) is 3.49. The molecule has 0 spiro atoms. The van der Waals surface area contributed by atoms with Gasteiger partial charge in [0.1, 0.15) is 11.5 Å². The molecule has 6 heteroatoms. The summed E-state index contributed by atoms with van der Waals surface area (Å²) in [5, 5.41) is 3.14. The SMILES string of the molecule is C=C(NC)c1nc(-c2cccc(N)c2)n2c1CN(C(=C)c1ccc[nH]1)CC2.CC.CC. The van der Waals surface area contributed by atoms with Crippen LogP contribution in [0.25, 0.3) is 22.8 Å². The number of rotatable bonds is 5. The Morgan fingerprint density at radius 1 is 1.10 bits per heavy atom. The molecule has 1 aliphatic heterocycles. The van der Waals surface area contributed by atoms with Gasteiger partial charge in [0.25, 0.3) is 0 Å². The van der Waals surface area contributed by atoms with E-state index in [0.29, 0.717) is 0 Å². The first kappa shape index (κ1) is 23.9. The number of nitrogens with one attached hydrogen (secondary N) is 2. The maximum absolute atomic E-state index is 5.99. The van der Waals surface area contributed by atoms with Crippen molar-refractivity contribution < 1.29 is 0 Å². The average molecular weight is 421 g/mol. The van der Waals surface area contributed by atoms with E-state index in [1.54, 1.807) is 0 Å². The second-order valence-corrected chi connectivity index (χ2v) is 6.69. The van der Waals surface area contributed by atoms with Gasteiger partial charge in [-0.2, -0.15) is 0 Å². The molecule has 0 bridgehead atoms. The van der Waals surface area contributed by atoms with Gasteiger partial charge in [0.15, 0.2) is 0 Å². The van der Waals surface area contributed by atoms with E-state index in [0.717, 1.165) is 65.2 Å². The second-order valence-electron chi connectivity index (χ2n) is 6.69. The van der Waals surface area contributed by atoms with Gasteiger partial charge >= 0.3 is 0 Å². The molecule has 31 heavy (non-hydrogen) atoms. The lowest BCUT2D eigenvalue weighted by molar-refractivity contribution is 0.320. The zero-order chi connectivity index (χ0) is 23.0. The van der Waals surface area contributed by atoms with Gasteiger partial charge in [-0.05, 0) is 24.3 Å². The van der Waals surface area contributed by atoms with Gasteiger partial charge in [0, 0.05) is 37.6 Å². The van der Waals surface area contributed by atoms with Crippen molar-refractivity contribution >= 4 is 17.1 Å². The van der Waals surface area contributed by atoms with Crippen LogP contribution >= 0.6 is 0 Å². The summed E-state index contributed by atoms with van der Waals surface area (Å²) < 4.78 is 2.27. The van der Waals surface area contributed by atoms with E-state index >= 15 is 0 Å². The lowest BCUT2D eigenvalue weighted by Gasteiger charge is -2.32. The van der Waals surface area contributed by atoms with Crippen LogP contribution in [0.2, 0.25) is 0 Å². The molecule has 0 aliphatic carbocycles. The highest BCUT2D eigenvalue weighted by Gasteiger charge is 2.26. The Labute approximate surface area is 186 Å². The molecule has 0 amide bonds. The van der Waals surface area contributed by atoms with Gasteiger partial charge in [-0.1, -0.05) is 53.0 Å². The van der Waals surface area contributed by atoms with Crippen LogP contribution in [0.3, 0.4) is 0 Å². The van der Waals surface area contributed by atoms with Gasteiger partial charge in [0.2, 0.25) is 0 Å². The summed E-state index contributed by atoms with van der Waals surface area (Å²) in [4.78, 5) is 10.4. The number of fused-ring (bicyclic) bond motifs is 1. The monoisotopic (exact) mass is 420 g/mol. The van der Waals surface area contributed by atoms with Crippen molar-refractivity contribution in [3.05, 3.63) is 72.8 Å². The predicted molar refractivity (Wildman–Crippen MR) is 133 cm³/mol. The molecule has 6 nitrogen and oxygen atoms in total. The molecular formula is C25H36N6. The van der Waals surface area contributed by atoms with Crippen LogP contribution in [0.1, 0.15) is 44.8 Å². The fraction of sp³-hybridized carbons (Fsp3) is 0.320. The fourth-order valence-corrected chi connectivity index (χ4v) is 3.54. The minimum atomic E-state index is 0.725. The number of aromatic nitrogens is 3. The van der Waals surface area contributed by atoms with E-state index in [4.69, 9.17) is 10.7 Å². The minimum Gasteiger partial charge on any atom is -0.399 e. The molecule has 0 atom stereocenters. The van der Waals surface area contributed by atoms with E-state index in [1.807, 2.05) is 77.3 Å². The van der Waals surface area contributed by atoms with Gasteiger partial charge < -0.3 is 25.5 Å². The van der Waals surface area contributed by atoms with Crippen molar-refractivity contribution in [2.45, 2.75) is 40.8 Å². The molecular weight excluding hydrogens is 384 g/mol. The minimum absolute atomic E-state index is 0.725. The molecule has 3 heterocycles. The third-order valence-corrected chi connectivity index (χ3v) is 5.03. The summed E-state index contributed by atoms with van der Waals surface area (Å²) in [7, 11) is 1.87. The molecule has 0 saturated carbocycles. The van der Waals surface area contributed by atoms with Gasteiger partial charge in [-0.25, -0.2) is 4.98 Å². The van der Waals surface area contributed by atoms with E-state index in [2.05, 4.69) is 32.9 Å². The molecule has 3 aromatic rings. The van der Waals surface area contributed by atoms with Gasteiger partial charge in [0.05, 0.1) is 29.3 Å². The molecule has 0 radical (unpaired) electrons. The Morgan fingerprint density at radius 3 is 2.45 bits per heavy atom. The van der Waals surface area contributed by atoms with Crippen molar-refractivity contribution in [1.82, 2.24) is 24.8 Å². The smallest absolute Gasteiger partial charge is 0.141 e. The van der Waals surface area contributed by atoms with Gasteiger partial charge in [-0.3, -0.25) is 0 Å². The van der Waals surface area contributed by atoms with Crippen molar-refractivity contribution in [2.24, 2.45) is 0 Å². The maximum Gasteiger partial charge on any atom is 0.141 e. The van der Waals surface area contributed by atoms with Crippen molar-refractivity contribution in [3.8, 4) is 11.4 Å². The molecule has 0 unspecified atom stereocenters. The molecule has 1 aliphatic rings. The molecule has 0 fully saturated rings. The quantitative estimate of drug-likeness (QED) is 0.497. The number of hydrogen-bond acceptors (Lipinski definition) is 4. The summed E-state index contributed by atoms with van der Waals surface area (Å²) in [6, 6.07) is 11.9. The number of imidazole rings is 1. The van der Waals surface area contributed by atoms with Crippen LogP contribution in [-0.4, -0.2) is 33.0 Å². The van der Waals surface area contributed by atoms with Crippen LogP contribution in [0.5, 0.6) is 0 Å². The summed E-state index contributed by atoms with van der Waals surface area (Å²) >= 11 is 0. The standard InChI is InChI=1S/C21H24N6.2C2H6/c1-14(23-3)20-19-13-26(15(2)18-8-5-9-24-18)10-11-27(19)21(25-20)16-6-4-7-17(22)12-16;2*1-2/h4-9,12,23-24H,1-2,10-11,13,22H2,3H3;2*1-2H3. The van der Waals surface area contributed by atoms with Crippen LogP contribution in [0.4, 0.5) is 5.69 Å². The number of nitrogens with two attached hydrogens (primary N) is 1. The van der Waals surface area contributed by atoms with E-state index in [-0.39, 0.29) is 0 Å². The van der Waals surface area contributed by atoms with E-state index < -0.39 is 0 Å². The topological polar surface area (TPSA) is 74.9 Å². The second kappa shape index (κ2) is 11.1. The van der Waals surface area contributed by atoms with Crippen molar-refractivity contribution in [2.75, 3.05) is 19.3 Å². The summed E-state index contributed by atoms with van der Waals surface area (Å²) in [5.41, 5.74) is 12.6. The lowest BCUT2D eigenvalue weighted by Crippen LogP contribution is -2.33. The van der Waals surface area contributed by atoms with Crippen LogP contribution < -0.4 is 11.1 Å². The number of hydrogen-bond donors (Lipinski definition) is 3. The van der Waals surface area contributed by atoms with Crippen LogP contribution in [0, 0.1) is 0 Å². The summed E-state index contributed by atoms with van der Waals surface area (Å²) in [6.45, 7) is 18.8. The summed E-state index contributed by atoms with van der Waals surface area (Å²) in [6.07, 6.45) is 1.92. The predicted octanol–water partition coefficient (Wildman–Crippen LogP) is 5.19. The van der Waals surface area contributed by atoms with E-state index in [9.17, 15) is 0 Å². The molecule has 166 valence electrons. The first-order valence-corrected chi connectivity index (χ1v) is 11.0. The molecule has 4 rings (SSSR count). The van der Waals surface area contributed by atoms with E-state index in [1.165, 1.54) is 0 Å². The molecule has 4 N–H and O–H groups in total. The van der Waals surface area contributed by atoms with Gasteiger partial charge in [-0.15, -0.1) is 0 Å².